The van der Waals surface area contributed by atoms with Crippen molar-refractivity contribution >= 4 is 31.7 Å². The Morgan fingerprint density at radius 1 is 1.17 bits per heavy atom. The Kier molecular flexibility index (Phi) is 3.68. The number of alkyl halides is 1. The van der Waals surface area contributed by atoms with Gasteiger partial charge in [0.15, 0.2) is 5.78 Å². The lowest BCUT2D eigenvalue weighted by atomic mass is 10.2. The minimum absolute atomic E-state index is 0.156. The summed E-state index contributed by atoms with van der Waals surface area (Å²) < 4.78 is 25.4. The van der Waals surface area contributed by atoms with E-state index in [0.29, 0.717) is 5.56 Å². The summed E-state index contributed by atoms with van der Waals surface area (Å²) in [4.78, 5) is 11.6. The van der Waals surface area contributed by atoms with Crippen molar-refractivity contribution in [3.05, 3.63) is 54.4 Å². The van der Waals surface area contributed by atoms with Gasteiger partial charge in [0, 0.05) is 18.0 Å². The van der Waals surface area contributed by atoms with E-state index < -0.39 is 10.0 Å². The number of hydrogen-bond acceptors (Lipinski definition) is 3. The number of benzene rings is 1. The average molecular weight is 328 g/mol. The highest BCUT2D eigenvalue weighted by Crippen LogP contribution is 2.15. The van der Waals surface area contributed by atoms with E-state index in [-0.39, 0.29) is 16.0 Å². The lowest BCUT2D eigenvalue weighted by Gasteiger charge is -2.04. The molecule has 0 bridgehead atoms. The smallest absolute Gasteiger partial charge is 0.267 e. The predicted octanol–water partition coefficient (Wildman–Crippen LogP) is 2.30. The zero-order chi connectivity index (χ0) is 13.2. The predicted molar refractivity (Wildman–Crippen MR) is 71.6 cm³/mol. The molecular formula is C12H10BrNO3S. The molecular weight excluding hydrogens is 318 g/mol. The number of Topliss-reactive ketones (excluding diaryl/α,β-unsaturated/α-hetero) is 1. The maximum atomic E-state index is 12.2. The van der Waals surface area contributed by atoms with Gasteiger partial charge < -0.3 is 0 Å². The normalized spacial score (nSPS) is 11.4. The molecule has 1 aromatic carbocycles. The average Bonchev–Trinajstić information content (AvgIpc) is 2.89. The van der Waals surface area contributed by atoms with E-state index in [0.717, 1.165) is 3.97 Å². The molecule has 0 saturated heterocycles. The number of nitrogens with zero attached hydrogens (tertiary/aromatic N) is 1. The van der Waals surface area contributed by atoms with Crippen molar-refractivity contribution in [2.45, 2.75) is 4.90 Å². The van der Waals surface area contributed by atoms with E-state index in [9.17, 15) is 13.2 Å². The van der Waals surface area contributed by atoms with Crippen LogP contribution in [0.5, 0.6) is 0 Å². The van der Waals surface area contributed by atoms with Gasteiger partial charge >= 0.3 is 0 Å². The topological polar surface area (TPSA) is 56.1 Å². The standard InChI is InChI=1S/C12H10BrNO3S/c13-8-12(15)10-6-7-14(9-10)18(16,17)11-4-2-1-3-5-11/h1-7,9H,8H2. The van der Waals surface area contributed by atoms with Crippen molar-refractivity contribution in [1.29, 1.82) is 0 Å². The number of carbonyl (C=O) groups is 1. The molecule has 2 aromatic rings. The second-order valence-electron chi connectivity index (χ2n) is 3.60. The van der Waals surface area contributed by atoms with Crippen LogP contribution in [-0.4, -0.2) is 23.5 Å². The number of aromatic nitrogens is 1. The fraction of sp³-hybridized carbons (Fsp3) is 0.0833. The number of halogens is 1. The first-order valence-electron chi connectivity index (χ1n) is 5.13. The molecule has 6 heteroatoms. The van der Waals surface area contributed by atoms with Crippen LogP contribution in [0.1, 0.15) is 10.4 Å². The quantitative estimate of drug-likeness (QED) is 0.639. The summed E-state index contributed by atoms with van der Waals surface area (Å²) in [7, 11) is -3.61. The fourth-order valence-corrected chi connectivity index (χ4v) is 3.02. The first-order valence-corrected chi connectivity index (χ1v) is 7.69. The maximum Gasteiger partial charge on any atom is 0.267 e. The molecule has 1 aromatic heterocycles. The molecule has 18 heavy (non-hydrogen) atoms. The minimum Gasteiger partial charge on any atom is -0.293 e. The third kappa shape index (κ3) is 2.39. The van der Waals surface area contributed by atoms with Gasteiger partial charge in [-0.25, -0.2) is 12.4 Å². The first kappa shape index (κ1) is 13.0. The monoisotopic (exact) mass is 327 g/mol. The van der Waals surface area contributed by atoms with Crippen LogP contribution in [0.25, 0.3) is 0 Å². The van der Waals surface area contributed by atoms with E-state index in [1.165, 1.54) is 30.6 Å². The van der Waals surface area contributed by atoms with E-state index in [1.807, 2.05) is 0 Å². The van der Waals surface area contributed by atoms with Crippen LogP contribution in [0.2, 0.25) is 0 Å². The highest BCUT2D eigenvalue weighted by atomic mass is 79.9. The Balaban J connectivity index is 2.43. The second-order valence-corrected chi connectivity index (χ2v) is 6.01. The van der Waals surface area contributed by atoms with Crippen LogP contribution in [0.15, 0.2) is 53.7 Å². The highest BCUT2D eigenvalue weighted by molar-refractivity contribution is 9.09. The van der Waals surface area contributed by atoms with Crippen molar-refractivity contribution in [3.63, 3.8) is 0 Å². The van der Waals surface area contributed by atoms with Gasteiger partial charge in [0.1, 0.15) is 0 Å². The van der Waals surface area contributed by atoms with E-state index in [1.54, 1.807) is 18.2 Å². The number of carbonyl (C=O) groups excluding carboxylic acids is 1. The molecule has 0 aliphatic carbocycles. The lowest BCUT2D eigenvalue weighted by Crippen LogP contribution is -2.11. The third-order valence-electron chi connectivity index (χ3n) is 2.43. The molecule has 4 nitrogen and oxygen atoms in total. The second kappa shape index (κ2) is 5.07. The van der Waals surface area contributed by atoms with Crippen molar-refractivity contribution in [2.75, 3.05) is 5.33 Å². The van der Waals surface area contributed by atoms with E-state index in [2.05, 4.69) is 15.9 Å². The molecule has 0 atom stereocenters. The zero-order valence-corrected chi connectivity index (χ0v) is 11.7. The van der Waals surface area contributed by atoms with Crippen LogP contribution >= 0.6 is 15.9 Å². The molecule has 2 rings (SSSR count). The molecule has 0 fully saturated rings. The van der Waals surface area contributed by atoms with Crippen molar-refractivity contribution < 1.29 is 13.2 Å². The largest absolute Gasteiger partial charge is 0.293 e. The molecule has 0 aliphatic rings. The summed E-state index contributed by atoms with van der Waals surface area (Å²) >= 11 is 3.05. The van der Waals surface area contributed by atoms with Gasteiger partial charge in [0.25, 0.3) is 10.0 Å². The van der Waals surface area contributed by atoms with E-state index >= 15 is 0 Å². The minimum atomic E-state index is -3.61. The van der Waals surface area contributed by atoms with Crippen molar-refractivity contribution in [3.8, 4) is 0 Å². The fourth-order valence-electron chi connectivity index (χ4n) is 1.48. The summed E-state index contributed by atoms with van der Waals surface area (Å²) in [6.07, 6.45) is 2.70. The first-order chi connectivity index (χ1) is 8.55. The summed E-state index contributed by atoms with van der Waals surface area (Å²) in [5.74, 6) is -0.156. The molecule has 0 amide bonds. The number of ketones is 1. The number of rotatable bonds is 4. The molecule has 0 spiro atoms. The van der Waals surface area contributed by atoms with E-state index in [4.69, 9.17) is 0 Å². The molecule has 0 unspecified atom stereocenters. The summed E-state index contributed by atoms with van der Waals surface area (Å²) in [5, 5.41) is 0.169. The Labute approximate surface area is 113 Å². The molecule has 0 N–H and O–H groups in total. The van der Waals surface area contributed by atoms with Crippen LogP contribution in [0.4, 0.5) is 0 Å². The molecule has 1 heterocycles. The Morgan fingerprint density at radius 2 is 1.83 bits per heavy atom. The van der Waals surface area contributed by atoms with Crippen LogP contribution in [0, 0.1) is 0 Å². The van der Waals surface area contributed by atoms with Crippen LogP contribution < -0.4 is 0 Å². The van der Waals surface area contributed by atoms with Crippen LogP contribution in [-0.2, 0) is 10.0 Å². The van der Waals surface area contributed by atoms with Gasteiger partial charge in [-0.2, -0.15) is 0 Å². The Bertz CT molecular complexity index is 662. The van der Waals surface area contributed by atoms with Gasteiger partial charge in [-0.05, 0) is 18.2 Å². The van der Waals surface area contributed by atoms with Gasteiger partial charge in [0.2, 0.25) is 0 Å². The Morgan fingerprint density at radius 3 is 2.44 bits per heavy atom. The van der Waals surface area contributed by atoms with Crippen LogP contribution in [0.3, 0.4) is 0 Å². The third-order valence-corrected chi connectivity index (χ3v) is 4.59. The van der Waals surface area contributed by atoms with Crippen molar-refractivity contribution in [2.24, 2.45) is 0 Å². The Hall–Kier alpha value is -1.40. The van der Waals surface area contributed by atoms with Gasteiger partial charge in [-0.3, -0.25) is 4.79 Å². The van der Waals surface area contributed by atoms with Gasteiger partial charge in [-0.1, -0.05) is 34.1 Å². The number of hydrogen-bond donors (Lipinski definition) is 0. The van der Waals surface area contributed by atoms with Crippen molar-refractivity contribution in [1.82, 2.24) is 3.97 Å². The SMILES string of the molecule is O=C(CBr)c1ccn(S(=O)(=O)c2ccccc2)c1. The summed E-state index contributed by atoms with van der Waals surface area (Å²) in [6.45, 7) is 0. The molecule has 0 radical (unpaired) electrons. The molecule has 94 valence electrons. The molecule has 0 saturated carbocycles. The lowest BCUT2D eigenvalue weighted by molar-refractivity contribution is 0.102. The maximum absolute atomic E-state index is 12.2. The molecule has 0 aliphatic heterocycles. The van der Waals surface area contributed by atoms with Gasteiger partial charge in [0.05, 0.1) is 10.2 Å². The highest BCUT2D eigenvalue weighted by Gasteiger charge is 2.17. The summed E-state index contributed by atoms with van der Waals surface area (Å²) in [5.41, 5.74) is 0.367. The summed E-state index contributed by atoms with van der Waals surface area (Å²) in [6, 6.07) is 9.57. The van der Waals surface area contributed by atoms with Gasteiger partial charge in [-0.15, -0.1) is 0 Å². The zero-order valence-electron chi connectivity index (χ0n) is 9.28.